The molecule has 0 spiro atoms. The van der Waals surface area contributed by atoms with Crippen molar-refractivity contribution in [3.8, 4) is 0 Å². The molecule has 0 aromatic rings. The summed E-state index contributed by atoms with van der Waals surface area (Å²) in [7, 11) is 3.35. The van der Waals surface area contributed by atoms with Crippen LogP contribution in [-0.4, -0.2) is 41.8 Å². The van der Waals surface area contributed by atoms with E-state index >= 15 is 0 Å². The van der Waals surface area contributed by atoms with E-state index in [1.165, 1.54) is 0 Å². The number of rotatable bonds is 1. The molecule has 1 aliphatic heterocycles. The zero-order valence-corrected chi connectivity index (χ0v) is 8.86. The highest BCUT2D eigenvalue weighted by Crippen LogP contribution is 2.21. The number of ether oxygens (including phenoxy) is 1. The van der Waals surface area contributed by atoms with Gasteiger partial charge in [0.1, 0.15) is 4.32 Å². The van der Waals surface area contributed by atoms with Gasteiger partial charge in [-0.05, 0) is 17.0 Å². The molecule has 1 aliphatic rings. The van der Waals surface area contributed by atoms with Crippen LogP contribution in [0.15, 0.2) is 0 Å². The van der Waals surface area contributed by atoms with Crippen molar-refractivity contribution in [1.29, 1.82) is 0 Å². The van der Waals surface area contributed by atoms with Crippen molar-refractivity contribution in [3.05, 3.63) is 0 Å². The smallest absolute Gasteiger partial charge is 0.147 e. The number of nitrogens with zero attached hydrogens (tertiary/aromatic N) is 1. The highest BCUT2D eigenvalue weighted by atomic mass is 33.1. The quantitative estimate of drug-likeness (QED) is 0.479. The van der Waals surface area contributed by atoms with Crippen molar-refractivity contribution >= 4 is 38.1 Å². The van der Waals surface area contributed by atoms with Gasteiger partial charge in [0, 0.05) is 13.1 Å². The lowest BCUT2D eigenvalue weighted by atomic mass is 10.5. The zero-order valence-electron chi connectivity index (χ0n) is 6.41. The number of hydrogen-bond donors (Lipinski definition) is 0. The van der Waals surface area contributed by atoms with Gasteiger partial charge in [-0.3, -0.25) is 0 Å². The average Bonchev–Trinajstić information content (AvgIpc) is 2.07. The topological polar surface area (TPSA) is 12.5 Å². The summed E-state index contributed by atoms with van der Waals surface area (Å²) in [5.74, 6) is 0. The fourth-order valence-corrected chi connectivity index (χ4v) is 2.84. The minimum absolute atomic E-state index is 0.815. The molecule has 0 aromatic carbocycles. The van der Waals surface area contributed by atoms with Gasteiger partial charge in [-0.15, -0.1) is 0 Å². The average molecular weight is 209 g/mol. The van der Waals surface area contributed by atoms with Gasteiger partial charge in [0.05, 0.1) is 13.2 Å². The van der Waals surface area contributed by atoms with E-state index in [1.807, 2.05) is 6.26 Å². The van der Waals surface area contributed by atoms with Crippen LogP contribution in [0, 0.1) is 0 Å². The van der Waals surface area contributed by atoms with E-state index in [2.05, 4.69) is 4.90 Å². The Morgan fingerprint density at radius 1 is 1.45 bits per heavy atom. The summed E-state index contributed by atoms with van der Waals surface area (Å²) >= 11 is 5.19. The van der Waals surface area contributed by atoms with Gasteiger partial charge in [-0.1, -0.05) is 23.0 Å². The van der Waals surface area contributed by atoms with E-state index in [4.69, 9.17) is 17.0 Å². The molecule has 0 unspecified atom stereocenters. The Bertz CT molecular complexity index is 136. The van der Waals surface area contributed by atoms with Gasteiger partial charge in [-0.25, -0.2) is 0 Å². The van der Waals surface area contributed by atoms with Crippen LogP contribution < -0.4 is 0 Å². The Hall–Kier alpha value is 0.550. The summed E-state index contributed by atoms with van der Waals surface area (Å²) in [5, 5.41) is 0. The molecule has 11 heavy (non-hydrogen) atoms. The molecule has 0 aromatic heterocycles. The first-order valence-corrected chi connectivity index (χ1v) is 6.38. The molecule has 0 radical (unpaired) electrons. The molecule has 64 valence electrons. The lowest BCUT2D eigenvalue weighted by Gasteiger charge is -2.27. The third-order valence-electron chi connectivity index (χ3n) is 1.42. The van der Waals surface area contributed by atoms with Gasteiger partial charge in [-0.2, -0.15) is 0 Å². The predicted octanol–water partition coefficient (Wildman–Crippen LogP) is 1.61. The maximum Gasteiger partial charge on any atom is 0.147 e. The van der Waals surface area contributed by atoms with Crippen LogP contribution >= 0.6 is 33.8 Å². The van der Waals surface area contributed by atoms with Gasteiger partial charge >= 0.3 is 0 Å². The first kappa shape index (κ1) is 9.64. The van der Waals surface area contributed by atoms with Crippen LogP contribution in [0.25, 0.3) is 0 Å². The zero-order chi connectivity index (χ0) is 8.10. The Labute approximate surface area is 80.4 Å². The molecule has 0 aliphatic carbocycles. The molecule has 2 nitrogen and oxygen atoms in total. The summed E-state index contributed by atoms with van der Waals surface area (Å²) in [6.45, 7) is 3.53. The van der Waals surface area contributed by atoms with E-state index in [0.717, 1.165) is 30.6 Å². The molecule has 1 rings (SSSR count). The van der Waals surface area contributed by atoms with Crippen LogP contribution in [0.4, 0.5) is 0 Å². The number of hydrogen-bond acceptors (Lipinski definition) is 4. The monoisotopic (exact) mass is 209 g/mol. The van der Waals surface area contributed by atoms with Crippen molar-refractivity contribution in [2.24, 2.45) is 0 Å². The highest BCUT2D eigenvalue weighted by Gasteiger charge is 2.12. The third-order valence-corrected chi connectivity index (χ3v) is 3.79. The SMILES string of the molecule is CSSC(=S)N1CCOCC1. The Balaban J connectivity index is 2.27. The molecular formula is C6H11NOS3. The third kappa shape index (κ3) is 3.19. The maximum atomic E-state index is 5.21. The minimum Gasteiger partial charge on any atom is -0.378 e. The molecule has 0 bridgehead atoms. The normalized spacial score (nSPS) is 18.5. The molecule has 1 saturated heterocycles. The summed E-state index contributed by atoms with van der Waals surface area (Å²) in [4.78, 5) is 2.19. The first-order valence-electron chi connectivity index (χ1n) is 3.42. The fraction of sp³-hybridized carbons (Fsp3) is 0.833. The Morgan fingerprint density at radius 3 is 2.64 bits per heavy atom. The Morgan fingerprint density at radius 2 is 2.09 bits per heavy atom. The van der Waals surface area contributed by atoms with Crippen LogP contribution in [0.3, 0.4) is 0 Å². The van der Waals surface area contributed by atoms with Gasteiger partial charge < -0.3 is 9.64 Å². The van der Waals surface area contributed by atoms with E-state index in [0.29, 0.717) is 0 Å². The molecular weight excluding hydrogens is 198 g/mol. The Kier molecular flexibility index (Phi) is 4.59. The number of thiocarbonyl (C=S) groups is 1. The first-order chi connectivity index (χ1) is 5.34. The van der Waals surface area contributed by atoms with Crippen molar-refractivity contribution < 1.29 is 4.74 Å². The maximum absolute atomic E-state index is 5.21. The summed E-state index contributed by atoms with van der Waals surface area (Å²) in [6, 6.07) is 0. The van der Waals surface area contributed by atoms with Crippen molar-refractivity contribution in [3.63, 3.8) is 0 Å². The molecule has 0 saturated carbocycles. The predicted molar refractivity (Wildman–Crippen MR) is 56.1 cm³/mol. The second-order valence-electron chi connectivity index (χ2n) is 2.12. The fourth-order valence-electron chi connectivity index (χ4n) is 0.870. The van der Waals surface area contributed by atoms with Crippen LogP contribution in [0.1, 0.15) is 0 Å². The summed E-state index contributed by atoms with van der Waals surface area (Å²) < 4.78 is 6.20. The van der Waals surface area contributed by atoms with Gasteiger partial charge in [0.2, 0.25) is 0 Å². The second kappa shape index (κ2) is 5.24. The van der Waals surface area contributed by atoms with Gasteiger partial charge in [0.15, 0.2) is 0 Å². The minimum atomic E-state index is 0.815. The van der Waals surface area contributed by atoms with Gasteiger partial charge in [0.25, 0.3) is 0 Å². The number of morpholine rings is 1. The second-order valence-corrected chi connectivity index (χ2v) is 5.15. The molecule has 5 heteroatoms. The lowest BCUT2D eigenvalue weighted by molar-refractivity contribution is 0.0703. The van der Waals surface area contributed by atoms with E-state index in [9.17, 15) is 0 Å². The molecule has 0 atom stereocenters. The van der Waals surface area contributed by atoms with Crippen molar-refractivity contribution in [1.82, 2.24) is 4.90 Å². The van der Waals surface area contributed by atoms with Crippen LogP contribution in [0.5, 0.6) is 0 Å². The van der Waals surface area contributed by atoms with Crippen LogP contribution in [-0.2, 0) is 4.74 Å². The van der Waals surface area contributed by atoms with E-state index in [1.54, 1.807) is 21.6 Å². The largest absolute Gasteiger partial charge is 0.378 e. The van der Waals surface area contributed by atoms with E-state index < -0.39 is 0 Å². The van der Waals surface area contributed by atoms with Crippen molar-refractivity contribution in [2.75, 3.05) is 32.6 Å². The standard InChI is InChI=1S/C6H11NOS3/c1-10-11-6(9)7-2-4-8-5-3-7/h2-5H2,1H3. The highest BCUT2D eigenvalue weighted by molar-refractivity contribution is 8.83. The van der Waals surface area contributed by atoms with Crippen molar-refractivity contribution in [2.45, 2.75) is 0 Å². The molecule has 0 amide bonds. The summed E-state index contributed by atoms with van der Waals surface area (Å²) in [6.07, 6.45) is 2.04. The molecule has 1 heterocycles. The molecule has 0 N–H and O–H groups in total. The summed E-state index contributed by atoms with van der Waals surface area (Å²) in [5.41, 5.74) is 0. The molecule has 1 fully saturated rings. The lowest BCUT2D eigenvalue weighted by Crippen LogP contribution is -2.38. The van der Waals surface area contributed by atoms with Crippen LogP contribution in [0.2, 0.25) is 0 Å². The van der Waals surface area contributed by atoms with E-state index in [-0.39, 0.29) is 0 Å².